The summed E-state index contributed by atoms with van der Waals surface area (Å²) >= 11 is 0. The number of rotatable bonds is 3. The van der Waals surface area contributed by atoms with Crippen molar-refractivity contribution in [3.63, 3.8) is 0 Å². The van der Waals surface area contributed by atoms with E-state index in [2.05, 4.69) is 34.5 Å². The Balaban J connectivity index is 1.50. The SMILES string of the molecule is Cc1ccn(-c2ccc(N[C@@H]3[C@@H]4CCO[C@H]4C3(C)C)nn2)n1. The van der Waals surface area contributed by atoms with E-state index in [1.165, 1.54) is 0 Å². The lowest BCUT2D eigenvalue weighted by Gasteiger charge is -2.54. The summed E-state index contributed by atoms with van der Waals surface area (Å²) in [6.07, 6.45) is 3.40. The summed E-state index contributed by atoms with van der Waals surface area (Å²) in [6.45, 7) is 7.34. The fourth-order valence-corrected chi connectivity index (χ4v) is 3.84. The fourth-order valence-electron chi connectivity index (χ4n) is 3.84. The largest absolute Gasteiger partial charge is 0.377 e. The third-order valence-electron chi connectivity index (χ3n) is 5.01. The zero-order valence-corrected chi connectivity index (χ0v) is 13.2. The minimum Gasteiger partial charge on any atom is -0.377 e. The standard InChI is InChI=1S/C16H21N5O/c1-10-6-8-21(20-10)13-5-4-12(18-19-13)17-14-11-7-9-22-15(11)16(14,2)3/h4-6,8,11,14-15H,7,9H2,1-3H3,(H,17,18)/t11-,14+,15+/m0/s1. The van der Waals surface area contributed by atoms with Crippen LogP contribution in [-0.4, -0.2) is 38.7 Å². The molecule has 0 aromatic carbocycles. The Morgan fingerprint density at radius 3 is 2.82 bits per heavy atom. The second kappa shape index (κ2) is 4.78. The van der Waals surface area contributed by atoms with E-state index in [1.54, 1.807) is 4.68 Å². The van der Waals surface area contributed by atoms with Crippen molar-refractivity contribution in [2.75, 3.05) is 11.9 Å². The van der Waals surface area contributed by atoms with E-state index in [9.17, 15) is 0 Å². The summed E-state index contributed by atoms with van der Waals surface area (Å²) in [5.41, 5.74) is 1.10. The normalized spacial score (nSPS) is 29.0. The quantitative estimate of drug-likeness (QED) is 0.941. The molecule has 1 saturated carbocycles. The van der Waals surface area contributed by atoms with Crippen LogP contribution in [0.1, 0.15) is 26.0 Å². The van der Waals surface area contributed by atoms with Crippen LogP contribution < -0.4 is 5.32 Å². The molecule has 0 amide bonds. The van der Waals surface area contributed by atoms with Gasteiger partial charge < -0.3 is 10.1 Å². The van der Waals surface area contributed by atoms with Crippen molar-refractivity contribution < 1.29 is 4.74 Å². The molecule has 6 heteroatoms. The van der Waals surface area contributed by atoms with E-state index >= 15 is 0 Å². The van der Waals surface area contributed by atoms with Crippen LogP contribution >= 0.6 is 0 Å². The highest BCUT2D eigenvalue weighted by atomic mass is 16.5. The molecule has 1 saturated heterocycles. The molecule has 2 aromatic rings. The maximum atomic E-state index is 5.83. The highest BCUT2D eigenvalue weighted by Crippen LogP contribution is 2.53. The third-order valence-corrected chi connectivity index (χ3v) is 5.01. The molecule has 0 unspecified atom stereocenters. The van der Waals surface area contributed by atoms with Gasteiger partial charge in [-0.05, 0) is 31.5 Å². The number of nitrogens with one attached hydrogen (secondary N) is 1. The second-order valence-corrected chi connectivity index (χ2v) is 6.87. The number of aryl methyl sites for hydroxylation is 1. The monoisotopic (exact) mass is 299 g/mol. The van der Waals surface area contributed by atoms with Gasteiger partial charge in [-0.25, -0.2) is 4.68 Å². The Morgan fingerprint density at radius 2 is 2.14 bits per heavy atom. The zero-order chi connectivity index (χ0) is 15.3. The molecule has 22 heavy (non-hydrogen) atoms. The molecule has 1 aliphatic carbocycles. The van der Waals surface area contributed by atoms with Crippen LogP contribution in [0.2, 0.25) is 0 Å². The van der Waals surface area contributed by atoms with Crippen LogP contribution in [0.5, 0.6) is 0 Å². The smallest absolute Gasteiger partial charge is 0.175 e. The van der Waals surface area contributed by atoms with Gasteiger partial charge in [0.1, 0.15) is 5.82 Å². The Kier molecular flexibility index (Phi) is 2.97. The maximum absolute atomic E-state index is 5.83. The Labute approximate surface area is 129 Å². The van der Waals surface area contributed by atoms with Crippen molar-refractivity contribution in [2.45, 2.75) is 39.3 Å². The van der Waals surface area contributed by atoms with Crippen LogP contribution in [0.15, 0.2) is 24.4 Å². The van der Waals surface area contributed by atoms with Crippen molar-refractivity contribution in [2.24, 2.45) is 11.3 Å². The average Bonchev–Trinajstić information content (AvgIpc) is 3.13. The van der Waals surface area contributed by atoms with Crippen molar-refractivity contribution in [1.82, 2.24) is 20.0 Å². The second-order valence-electron chi connectivity index (χ2n) is 6.87. The average molecular weight is 299 g/mol. The van der Waals surface area contributed by atoms with Crippen molar-refractivity contribution >= 4 is 5.82 Å². The first kappa shape index (κ1) is 13.7. The predicted octanol–water partition coefficient (Wildman–Crippen LogP) is 2.20. The first-order chi connectivity index (χ1) is 10.6. The molecule has 2 fully saturated rings. The molecule has 2 aliphatic rings. The summed E-state index contributed by atoms with van der Waals surface area (Å²) in [4.78, 5) is 0. The van der Waals surface area contributed by atoms with E-state index in [-0.39, 0.29) is 5.41 Å². The molecule has 6 nitrogen and oxygen atoms in total. The summed E-state index contributed by atoms with van der Waals surface area (Å²) in [6, 6.07) is 6.26. The lowest BCUT2D eigenvalue weighted by atomic mass is 9.57. The van der Waals surface area contributed by atoms with Crippen LogP contribution in [0.4, 0.5) is 5.82 Å². The van der Waals surface area contributed by atoms with Gasteiger partial charge in [0.25, 0.3) is 0 Å². The van der Waals surface area contributed by atoms with E-state index in [0.29, 0.717) is 18.1 Å². The number of aromatic nitrogens is 4. The third kappa shape index (κ3) is 2.01. The van der Waals surface area contributed by atoms with E-state index < -0.39 is 0 Å². The highest BCUT2D eigenvalue weighted by molar-refractivity contribution is 5.40. The van der Waals surface area contributed by atoms with Crippen molar-refractivity contribution in [3.05, 3.63) is 30.1 Å². The van der Waals surface area contributed by atoms with Gasteiger partial charge in [0.15, 0.2) is 5.82 Å². The molecular formula is C16H21N5O. The molecule has 0 spiro atoms. The van der Waals surface area contributed by atoms with Gasteiger partial charge in [0.05, 0.1) is 11.8 Å². The van der Waals surface area contributed by atoms with Crippen molar-refractivity contribution in [3.8, 4) is 5.82 Å². The van der Waals surface area contributed by atoms with Gasteiger partial charge in [-0.15, -0.1) is 10.2 Å². The molecule has 4 rings (SSSR count). The Morgan fingerprint density at radius 1 is 1.27 bits per heavy atom. The molecule has 1 aliphatic heterocycles. The number of nitrogens with zero attached hydrogens (tertiary/aromatic N) is 4. The highest BCUT2D eigenvalue weighted by Gasteiger charge is 2.59. The van der Waals surface area contributed by atoms with Gasteiger partial charge in [-0.1, -0.05) is 13.8 Å². The van der Waals surface area contributed by atoms with Gasteiger partial charge in [-0.2, -0.15) is 5.10 Å². The number of ether oxygens (including phenoxy) is 1. The van der Waals surface area contributed by atoms with Crippen LogP contribution in [-0.2, 0) is 4.74 Å². The topological polar surface area (TPSA) is 64.9 Å². The number of fused-ring (bicyclic) bond motifs is 1. The maximum Gasteiger partial charge on any atom is 0.175 e. The molecule has 2 aromatic heterocycles. The Hall–Kier alpha value is -1.95. The van der Waals surface area contributed by atoms with Crippen LogP contribution in [0.3, 0.4) is 0 Å². The van der Waals surface area contributed by atoms with Gasteiger partial charge in [0.2, 0.25) is 0 Å². The summed E-state index contributed by atoms with van der Waals surface area (Å²) in [5, 5.41) is 16.5. The van der Waals surface area contributed by atoms with E-state index in [1.807, 2.05) is 31.3 Å². The molecule has 0 radical (unpaired) electrons. The number of anilines is 1. The minimum atomic E-state index is 0.139. The summed E-state index contributed by atoms with van der Waals surface area (Å²) < 4.78 is 7.56. The Bertz CT molecular complexity index is 678. The predicted molar refractivity (Wildman–Crippen MR) is 82.9 cm³/mol. The summed E-state index contributed by atoms with van der Waals surface area (Å²) in [5.74, 6) is 2.13. The van der Waals surface area contributed by atoms with Gasteiger partial charge in [-0.3, -0.25) is 0 Å². The molecule has 3 atom stereocenters. The lowest BCUT2D eigenvalue weighted by molar-refractivity contribution is -0.0924. The molecule has 3 heterocycles. The minimum absolute atomic E-state index is 0.139. The zero-order valence-electron chi connectivity index (χ0n) is 13.2. The molecule has 0 bridgehead atoms. The molecule has 1 N–H and O–H groups in total. The van der Waals surface area contributed by atoms with Gasteiger partial charge in [0, 0.05) is 30.2 Å². The number of hydrogen-bond acceptors (Lipinski definition) is 5. The molecular weight excluding hydrogens is 278 g/mol. The first-order valence-electron chi connectivity index (χ1n) is 7.80. The lowest BCUT2D eigenvalue weighted by Crippen LogP contribution is -2.63. The summed E-state index contributed by atoms with van der Waals surface area (Å²) in [7, 11) is 0. The van der Waals surface area contributed by atoms with Crippen LogP contribution in [0, 0.1) is 18.3 Å². The molecule has 116 valence electrons. The van der Waals surface area contributed by atoms with E-state index in [4.69, 9.17) is 4.74 Å². The fraction of sp³-hybridized carbons (Fsp3) is 0.562. The van der Waals surface area contributed by atoms with Gasteiger partial charge >= 0.3 is 0 Å². The van der Waals surface area contributed by atoms with E-state index in [0.717, 1.165) is 30.4 Å². The van der Waals surface area contributed by atoms with Crippen LogP contribution in [0.25, 0.3) is 5.82 Å². The van der Waals surface area contributed by atoms with Crippen molar-refractivity contribution in [1.29, 1.82) is 0 Å². The first-order valence-corrected chi connectivity index (χ1v) is 7.80. The number of hydrogen-bond donors (Lipinski definition) is 1.